The van der Waals surface area contributed by atoms with Gasteiger partial charge in [-0.05, 0) is 43.5 Å². The molecule has 0 atom stereocenters. The van der Waals surface area contributed by atoms with Gasteiger partial charge >= 0.3 is 0 Å². The van der Waals surface area contributed by atoms with Crippen molar-refractivity contribution in [3.05, 3.63) is 65.5 Å². The average molecular weight is 275 g/mol. The molecule has 0 aliphatic heterocycles. The molecular weight excluding hydrogens is 261 g/mol. The molecule has 0 aliphatic carbocycles. The normalized spacial score (nSPS) is 11.4. The van der Waals surface area contributed by atoms with Gasteiger partial charge in [0.25, 0.3) is 0 Å². The van der Waals surface area contributed by atoms with E-state index in [0.29, 0.717) is 23.6 Å². The van der Waals surface area contributed by atoms with Crippen LogP contribution in [0.15, 0.2) is 52.9 Å². The summed E-state index contributed by atoms with van der Waals surface area (Å²) in [6, 6.07) is 14.2. The molecule has 0 radical (unpaired) electrons. The Morgan fingerprint density at radius 2 is 1.95 bits per heavy atom. The summed E-state index contributed by atoms with van der Waals surface area (Å²) in [6.45, 7) is 2.19. The van der Waals surface area contributed by atoms with Gasteiger partial charge < -0.3 is 4.74 Å². The molecule has 2 nitrogen and oxygen atoms in total. The van der Waals surface area contributed by atoms with E-state index < -0.39 is 0 Å². The van der Waals surface area contributed by atoms with Crippen LogP contribution in [0.2, 0.25) is 0 Å². The summed E-state index contributed by atoms with van der Waals surface area (Å²) < 4.78 is 22.8. The minimum absolute atomic E-state index is 0.321. The second-order valence-corrected chi connectivity index (χ2v) is 4.30. The summed E-state index contributed by atoms with van der Waals surface area (Å²) in [6.07, 6.45) is 0. The molecule has 2 aromatic carbocycles. The van der Waals surface area contributed by atoms with Crippen molar-refractivity contribution in [1.29, 1.82) is 0 Å². The first-order valence-corrected chi connectivity index (χ1v) is 6.26. The van der Waals surface area contributed by atoms with E-state index >= 15 is 0 Å². The molecule has 4 heteroatoms. The van der Waals surface area contributed by atoms with Crippen molar-refractivity contribution in [2.24, 2.45) is 4.40 Å². The minimum Gasteiger partial charge on any atom is -0.488 e. The molecule has 0 unspecified atom stereocenters. The van der Waals surface area contributed by atoms with Gasteiger partial charge in [-0.1, -0.05) is 30.3 Å². The molecule has 0 saturated heterocycles. The molecule has 2 rings (SSSR count). The van der Waals surface area contributed by atoms with E-state index in [0.717, 1.165) is 5.56 Å². The number of nitrogens with zero attached hydrogens (tertiary/aromatic N) is 1. The van der Waals surface area contributed by atoms with Gasteiger partial charge in [0.1, 0.15) is 18.2 Å². The molecule has 0 N–H and O–H groups in total. The van der Waals surface area contributed by atoms with Crippen LogP contribution in [0.4, 0.5) is 4.39 Å². The Hall–Kier alpha value is -1.81. The Morgan fingerprint density at radius 3 is 2.63 bits per heavy atom. The lowest BCUT2D eigenvalue weighted by Crippen LogP contribution is -2.02. The van der Waals surface area contributed by atoms with Crippen molar-refractivity contribution in [2.45, 2.75) is 13.5 Å². The van der Waals surface area contributed by atoms with Crippen molar-refractivity contribution >= 4 is 18.5 Å². The van der Waals surface area contributed by atoms with E-state index in [1.54, 1.807) is 13.0 Å². The molecule has 0 fully saturated rings. The Morgan fingerprint density at radius 1 is 1.21 bits per heavy atom. The number of hydrogen-bond acceptors (Lipinski definition) is 3. The summed E-state index contributed by atoms with van der Waals surface area (Å²) in [5, 5.41) is 0. The number of benzene rings is 2. The zero-order chi connectivity index (χ0) is 13.7. The van der Waals surface area contributed by atoms with E-state index in [4.69, 9.17) is 4.74 Å². The van der Waals surface area contributed by atoms with Crippen molar-refractivity contribution < 1.29 is 9.13 Å². The first-order chi connectivity index (χ1) is 9.20. The molecule has 0 aliphatic rings. The van der Waals surface area contributed by atoms with Gasteiger partial charge in [-0.25, -0.2) is 8.79 Å². The molecule has 98 valence electrons. The smallest absolute Gasteiger partial charge is 0.129 e. The first kappa shape index (κ1) is 13.6. The Kier molecular flexibility index (Phi) is 4.58. The second-order valence-electron chi connectivity index (χ2n) is 4.10. The van der Waals surface area contributed by atoms with Crippen LogP contribution < -0.4 is 4.74 Å². The predicted molar refractivity (Wildman–Crippen MR) is 78.4 cm³/mol. The van der Waals surface area contributed by atoms with E-state index in [9.17, 15) is 4.39 Å². The largest absolute Gasteiger partial charge is 0.488 e. The number of thiol groups is 1. The van der Waals surface area contributed by atoms with Crippen molar-refractivity contribution in [3.63, 3.8) is 0 Å². The number of ether oxygens (including phenoxy) is 1. The lowest BCUT2D eigenvalue weighted by atomic mass is 10.1. The second kappa shape index (κ2) is 6.38. The van der Waals surface area contributed by atoms with Crippen LogP contribution in [0.1, 0.15) is 18.1 Å². The monoisotopic (exact) mass is 275 g/mol. The van der Waals surface area contributed by atoms with Gasteiger partial charge in [0.2, 0.25) is 0 Å². The van der Waals surface area contributed by atoms with Crippen LogP contribution in [0.25, 0.3) is 0 Å². The van der Waals surface area contributed by atoms with Crippen LogP contribution in [-0.4, -0.2) is 5.71 Å². The van der Waals surface area contributed by atoms with Crippen molar-refractivity contribution in [1.82, 2.24) is 0 Å². The number of halogens is 1. The molecule has 0 bridgehead atoms. The maximum Gasteiger partial charge on any atom is 0.129 e. The van der Waals surface area contributed by atoms with E-state index in [1.807, 2.05) is 30.3 Å². The molecule has 0 aromatic heterocycles. The summed E-state index contributed by atoms with van der Waals surface area (Å²) in [7, 11) is 0. The molecule has 2 aromatic rings. The fraction of sp³-hybridized carbons (Fsp3) is 0.133. The highest BCUT2D eigenvalue weighted by atomic mass is 32.1. The maximum atomic E-state index is 13.3. The van der Waals surface area contributed by atoms with Gasteiger partial charge in [-0.2, -0.15) is 0 Å². The zero-order valence-corrected chi connectivity index (χ0v) is 11.4. The highest BCUT2D eigenvalue weighted by Gasteiger charge is 2.08. The Bertz CT molecular complexity index is 584. The lowest BCUT2D eigenvalue weighted by molar-refractivity contribution is 0.305. The standard InChI is InChI=1S/C15H14FNOS/c1-11(17-19)14-9-13(16)7-8-15(14)18-10-12-5-3-2-4-6-12/h2-9,19H,10H2,1H3/b17-11+. The molecule has 0 spiro atoms. The van der Waals surface area contributed by atoms with Gasteiger partial charge in [0.05, 0.1) is 5.71 Å². The summed E-state index contributed by atoms with van der Waals surface area (Å²) in [5.74, 6) is 0.277. The molecule has 0 heterocycles. The maximum absolute atomic E-state index is 13.3. The predicted octanol–water partition coefficient (Wildman–Crippen LogP) is 4.06. The molecular formula is C15H14FNOS. The number of hydrogen-bond donors (Lipinski definition) is 1. The van der Waals surface area contributed by atoms with Crippen LogP contribution in [-0.2, 0) is 6.61 Å². The SMILES string of the molecule is C/C(=N\S)c1cc(F)ccc1OCc1ccccc1. The quantitative estimate of drug-likeness (QED) is 0.659. The highest BCUT2D eigenvalue weighted by Crippen LogP contribution is 2.22. The minimum atomic E-state index is -0.321. The Balaban J connectivity index is 2.20. The van der Waals surface area contributed by atoms with Crippen LogP contribution in [0, 0.1) is 5.82 Å². The van der Waals surface area contributed by atoms with Crippen LogP contribution in [0.3, 0.4) is 0 Å². The summed E-state index contributed by atoms with van der Waals surface area (Å²) in [5.41, 5.74) is 2.29. The first-order valence-electron chi connectivity index (χ1n) is 5.86. The van der Waals surface area contributed by atoms with Crippen molar-refractivity contribution in [2.75, 3.05) is 0 Å². The third-order valence-corrected chi connectivity index (χ3v) is 3.02. The summed E-state index contributed by atoms with van der Waals surface area (Å²) >= 11 is 3.86. The lowest BCUT2D eigenvalue weighted by Gasteiger charge is -2.11. The van der Waals surface area contributed by atoms with Crippen LogP contribution >= 0.6 is 12.8 Å². The Labute approximate surface area is 117 Å². The third-order valence-electron chi connectivity index (χ3n) is 2.72. The van der Waals surface area contributed by atoms with Gasteiger partial charge in [-0.3, -0.25) is 0 Å². The number of rotatable bonds is 4. The summed E-state index contributed by atoms with van der Waals surface area (Å²) in [4.78, 5) is 0. The molecule has 0 saturated carbocycles. The van der Waals surface area contributed by atoms with Gasteiger partial charge in [-0.15, -0.1) is 0 Å². The van der Waals surface area contributed by atoms with Crippen LogP contribution in [0.5, 0.6) is 5.75 Å². The highest BCUT2D eigenvalue weighted by molar-refractivity contribution is 7.79. The topological polar surface area (TPSA) is 21.6 Å². The van der Waals surface area contributed by atoms with E-state index in [-0.39, 0.29) is 5.82 Å². The van der Waals surface area contributed by atoms with Gasteiger partial charge in [0, 0.05) is 5.56 Å². The third kappa shape index (κ3) is 3.58. The zero-order valence-electron chi connectivity index (χ0n) is 10.5. The molecule has 0 amide bonds. The fourth-order valence-corrected chi connectivity index (χ4v) is 1.81. The van der Waals surface area contributed by atoms with E-state index in [2.05, 4.69) is 17.2 Å². The fourth-order valence-electron chi connectivity index (χ4n) is 1.70. The molecule has 19 heavy (non-hydrogen) atoms. The van der Waals surface area contributed by atoms with E-state index in [1.165, 1.54) is 12.1 Å². The average Bonchev–Trinajstić information content (AvgIpc) is 2.46. The van der Waals surface area contributed by atoms with Crippen molar-refractivity contribution in [3.8, 4) is 5.75 Å². The van der Waals surface area contributed by atoms with Gasteiger partial charge in [0.15, 0.2) is 0 Å².